The predicted octanol–water partition coefficient (Wildman–Crippen LogP) is 3.73. The molecule has 0 aliphatic rings. The fraction of sp³-hybridized carbons (Fsp3) is 0.318. The summed E-state index contributed by atoms with van der Waals surface area (Å²) in [5, 5.41) is 6.87. The predicted molar refractivity (Wildman–Crippen MR) is 114 cm³/mol. The molecule has 3 rings (SSSR count). The Balaban J connectivity index is 1.58. The van der Waals surface area contributed by atoms with E-state index in [-0.39, 0.29) is 5.91 Å². The maximum Gasteiger partial charge on any atom is 0.226 e. The van der Waals surface area contributed by atoms with Gasteiger partial charge in [0.15, 0.2) is 11.5 Å². The zero-order valence-corrected chi connectivity index (χ0v) is 17.9. The molecule has 164 valence electrons. The molecule has 2 aromatic carbocycles. The second-order valence-corrected chi connectivity index (χ2v) is 6.56. The van der Waals surface area contributed by atoms with Crippen molar-refractivity contribution in [2.24, 2.45) is 0 Å². The summed E-state index contributed by atoms with van der Waals surface area (Å²) in [6.07, 6.45) is 1.38. The quantitative estimate of drug-likeness (QED) is 0.522. The lowest BCUT2D eigenvalue weighted by molar-refractivity contribution is -0.116. The molecule has 3 aromatic rings. The first-order chi connectivity index (χ1) is 15.1. The van der Waals surface area contributed by atoms with E-state index in [1.807, 2.05) is 0 Å². The SMILES string of the molecule is COc1ccc(NC(=O)CCCc2nc(-c3cc(OC)c(OC)c(OC)c3)no2)cc1. The Hall–Kier alpha value is -3.75. The highest BCUT2D eigenvalue weighted by Crippen LogP contribution is 2.40. The standard InChI is InChI=1S/C22H25N3O6/c1-27-16-10-8-15(9-11-16)23-19(26)6-5-7-20-24-22(25-31-20)14-12-17(28-2)21(30-4)18(13-14)29-3/h8-13H,5-7H2,1-4H3,(H,23,26). The molecule has 0 unspecified atom stereocenters. The minimum absolute atomic E-state index is 0.0884. The molecule has 0 aliphatic carbocycles. The van der Waals surface area contributed by atoms with Crippen LogP contribution in [-0.4, -0.2) is 44.5 Å². The molecular weight excluding hydrogens is 402 g/mol. The first-order valence-electron chi connectivity index (χ1n) is 9.64. The topological polar surface area (TPSA) is 105 Å². The van der Waals surface area contributed by atoms with Gasteiger partial charge in [-0.15, -0.1) is 0 Å². The third kappa shape index (κ3) is 5.44. The maximum atomic E-state index is 12.1. The average Bonchev–Trinajstić information content (AvgIpc) is 3.27. The van der Waals surface area contributed by atoms with Crippen molar-refractivity contribution in [2.75, 3.05) is 33.8 Å². The molecule has 0 spiro atoms. The van der Waals surface area contributed by atoms with E-state index in [0.29, 0.717) is 59.5 Å². The van der Waals surface area contributed by atoms with Gasteiger partial charge in [0.1, 0.15) is 5.75 Å². The van der Waals surface area contributed by atoms with Crippen LogP contribution in [0.3, 0.4) is 0 Å². The van der Waals surface area contributed by atoms with Gasteiger partial charge in [-0.05, 0) is 42.8 Å². The number of aromatic nitrogens is 2. The summed E-state index contributed by atoms with van der Waals surface area (Å²) in [5.41, 5.74) is 1.38. The van der Waals surface area contributed by atoms with E-state index in [1.54, 1.807) is 57.7 Å². The molecule has 1 heterocycles. The number of carbonyl (C=O) groups is 1. The second kappa shape index (κ2) is 10.3. The number of anilines is 1. The number of hydrogen-bond acceptors (Lipinski definition) is 8. The lowest BCUT2D eigenvalue weighted by Crippen LogP contribution is -2.11. The number of amides is 1. The van der Waals surface area contributed by atoms with Gasteiger partial charge in [-0.3, -0.25) is 4.79 Å². The van der Waals surface area contributed by atoms with Gasteiger partial charge < -0.3 is 28.8 Å². The highest BCUT2D eigenvalue weighted by Gasteiger charge is 2.17. The molecule has 0 bridgehead atoms. The van der Waals surface area contributed by atoms with Gasteiger partial charge in [-0.1, -0.05) is 5.16 Å². The van der Waals surface area contributed by atoms with Crippen LogP contribution in [0.1, 0.15) is 18.7 Å². The van der Waals surface area contributed by atoms with E-state index in [0.717, 1.165) is 5.75 Å². The first-order valence-corrected chi connectivity index (χ1v) is 9.64. The molecule has 1 N–H and O–H groups in total. The van der Waals surface area contributed by atoms with E-state index >= 15 is 0 Å². The summed E-state index contributed by atoms with van der Waals surface area (Å²) in [4.78, 5) is 16.5. The van der Waals surface area contributed by atoms with Gasteiger partial charge in [0.2, 0.25) is 23.4 Å². The Morgan fingerprint density at radius 2 is 1.65 bits per heavy atom. The number of carbonyl (C=O) groups excluding carboxylic acids is 1. The maximum absolute atomic E-state index is 12.1. The van der Waals surface area contributed by atoms with Gasteiger partial charge >= 0.3 is 0 Å². The zero-order valence-electron chi connectivity index (χ0n) is 17.9. The summed E-state index contributed by atoms with van der Waals surface area (Å²) in [5.74, 6) is 2.97. The Labute approximate surface area is 180 Å². The van der Waals surface area contributed by atoms with E-state index < -0.39 is 0 Å². The van der Waals surface area contributed by atoms with Crippen molar-refractivity contribution in [1.82, 2.24) is 10.1 Å². The van der Waals surface area contributed by atoms with Crippen molar-refractivity contribution in [3.8, 4) is 34.4 Å². The summed E-state index contributed by atoms with van der Waals surface area (Å²) in [7, 11) is 6.22. The number of ether oxygens (including phenoxy) is 4. The van der Waals surface area contributed by atoms with Gasteiger partial charge in [0.25, 0.3) is 0 Å². The smallest absolute Gasteiger partial charge is 0.226 e. The van der Waals surface area contributed by atoms with Gasteiger partial charge in [0.05, 0.1) is 28.4 Å². The largest absolute Gasteiger partial charge is 0.497 e. The molecule has 9 nitrogen and oxygen atoms in total. The molecular formula is C22H25N3O6. The van der Waals surface area contributed by atoms with Gasteiger partial charge in [0, 0.05) is 24.1 Å². The van der Waals surface area contributed by atoms with Crippen LogP contribution >= 0.6 is 0 Å². The number of hydrogen-bond donors (Lipinski definition) is 1. The van der Waals surface area contributed by atoms with Crippen molar-refractivity contribution >= 4 is 11.6 Å². The molecule has 0 radical (unpaired) electrons. The molecule has 31 heavy (non-hydrogen) atoms. The molecule has 1 aromatic heterocycles. The number of aryl methyl sites for hydroxylation is 1. The van der Waals surface area contributed by atoms with Gasteiger partial charge in [-0.2, -0.15) is 4.98 Å². The fourth-order valence-electron chi connectivity index (χ4n) is 2.98. The number of nitrogens with zero attached hydrogens (tertiary/aromatic N) is 2. The van der Waals surface area contributed by atoms with E-state index in [1.165, 1.54) is 7.11 Å². The van der Waals surface area contributed by atoms with Crippen LogP contribution in [0.25, 0.3) is 11.4 Å². The van der Waals surface area contributed by atoms with Crippen LogP contribution in [0.4, 0.5) is 5.69 Å². The summed E-state index contributed by atoms with van der Waals surface area (Å²) in [6.45, 7) is 0. The molecule has 0 atom stereocenters. The first kappa shape index (κ1) is 21.9. The van der Waals surface area contributed by atoms with Crippen LogP contribution < -0.4 is 24.3 Å². The second-order valence-electron chi connectivity index (χ2n) is 6.56. The zero-order chi connectivity index (χ0) is 22.2. The van der Waals surface area contributed by atoms with Gasteiger partial charge in [-0.25, -0.2) is 0 Å². The van der Waals surface area contributed by atoms with Crippen molar-refractivity contribution in [2.45, 2.75) is 19.3 Å². The van der Waals surface area contributed by atoms with E-state index in [4.69, 9.17) is 23.5 Å². The number of methoxy groups -OCH3 is 4. The molecule has 0 fully saturated rings. The number of rotatable bonds is 10. The summed E-state index contributed by atoms with van der Waals surface area (Å²) >= 11 is 0. The van der Waals surface area contributed by atoms with Crippen LogP contribution in [0.15, 0.2) is 40.9 Å². The lowest BCUT2D eigenvalue weighted by Gasteiger charge is -2.12. The van der Waals surface area contributed by atoms with E-state index in [9.17, 15) is 4.79 Å². The van der Waals surface area contributed by atoms with Crippen LogP contribution in [0.2, 0.25) is 0 Å². The third-order valence-corrected chi connectivity index (χ3v) is 4.56. The van der Waals surface area contributed by atoms with Crippen molar-refractivity contribution in [1.29, 1.82) is 0 Å². The number of benzene rings is 2. The van der Waals surface area contributed by atoms with Crippen LogP contribution in [0, 0.1) is 0 Å². The average molecular weight is 427 g/mol. The normalized spacial score (nSPS) is 10.5. The minimum Gasteiger partial charge on any atom is -0.497 e. The van der Waals surface area contributed by atoms with E-state index in [2.05, 4.69) is 15.5 Å². The minimum atomic E-state index is -0.0884. The Kier molecular flexibility index (Phi) is 7.31. The highest BCUT2D eigenvalue weighted by atomic mass is 16.5. The fourth-order valence-corrected chi connectivity index (χ4v) is 2.98. The molecule has 0 aliphatic heterocycles. The Morgan fingerprint density at radius 3 is 2.23 bits per heavy atom. The van der Waals surface area contributed by atoms with Crippen LogP contribution in [-0.2, 0) is 11.2 Å². The Bertz CT molecular complexity index is 991. The monoisotopic (exact) mass is 427 g/mol. The van der Waals surface area contributed by atoms with Crippen molar-refractivity contribution in [3.63, 3.8) is 0 Å². The molecule has 0 saturated carbocycles. The highest BCUT2D eigenvalue weighted by molar-refractivity contribution is 5.90. The van der Waals surface area contributed by atoms with Crippen molar-refractivity contribution in [3.05, 3.63) is 42.3 Å². The summed E-state index contributed by atoms with van der Waals surface area (Å²) < 4.78 is 26.5. The molecule has 9 heteroatoms. The third-order valence-electron chi connectivity index (χ3n) is 4.56. The Morgan fingerprint density at radius 1 is 0.968 bits per heavy atom. The van der Waals surface area contributed by atoms with Crippen molar-refractivity contribution < 1.29 is 28.3 Å². The number of nitrogens with one attached hydrogen (secondary N) is 1. The lowest BCUT2D eigenvalue weighted by atomic mass is 10.1. The molecule has 0 saturated heterocycles. The summed E-state index contributed by atoms with van der Waals surface area (Å²) in [6, 6.07) is 10.7. The molecule has 1 amide bonds. The van der Waals surface area contributed by atoms with Crippen LogP contribution in [0.5, 0.6) is 23.0 Å².